The van der Waals surface area contributed by atoms with Crippen LogP contribution < -0.4 is 0 Å². The van der Waals surface area contributed by atoms with Gasteiger partial charge in [-0.2, -0.15) is 0 Å². The van der Waals surface area contributed by atoms with E-state index in [1.165, 1.54) is 30.4 Å². The molecule has 5 nitrogen and oxygen atoms in total. The molecule has 1 aliphatic heterocycles. The SMILES string of the molecule is C=C(C)C1(CC/C(C)=C/CC/C(C=O)=C/CC(O)C2=CC(=O)OC2O)CCCC1C. The number of carbonyl (C=O) groups excluding carboxylic acids is 2. The van der Waals surface area contributed by atoms with Gasteiger partial charge in [0.05, 0.1) is 6.10 Å². The van der Waals surface area contributed by atoms with Gasteiger partial charge in [0.15, 0.2) is 0 Å². The Balaban J connectivity index is 1.84. The number of cyclic esters (lactones) is 1. The van der Waals surface area contributed by atoms with Gasteiger partial charge in [-0.15, -0.1) is 0 Å². The third-order valence-electron chi connectivity index (χ3n) is 6.88. The molecular formula is C25H36O5. The van der Waals surface area contributed by atoms with Gasteiger partial charge in [-0.25, -0.2) is 4.79 Å². The largest absolute Gasteiger partial charge is 0.429 e. The molecule has 0 bridgehead atoms. The van der Waals surface area contributed by atoms with Gasteiger partial charge in [-0.1, -0.05) is 43.2 Å². The van der Waals surface area contributed by atoms with E-state index in [-0.39, 0.29) is 17.4 Å². The van der Waals surface area contributed by atoms with Gasteiger partial charge in [-0.05, 0) is 75.7 Å². The fraction of sp³-hybridized carbons (Fsp3) is 0.600. The van der Waals surface area contributed by atoms with Crippen molar-refractivity contribution in [3.63, 3.8) is 0 Å². The number of hydrogen-bond acceptors (Lipinski definition) is 5. The molecule has 5 heteroatoms. The van der Waals surface area contributed by atoms with Crippen LogP contribution in [0.5, 0.6) is 0 Å². The molecule has 1 fully saturated rings. The van der Waals surface area contributed by atoms with Crippen LogP contribution in [0.15, 0.2) is 47.1 Å². The normalized spacial score (nSPS) is 28.3. The van der Waals surface area contributed by atoms with E-state index in [2.05, 4.69) is 38.2 Å². The lowest BCUT2D eigenvalue weighted by atomic mass is 9.70. The zero-order chi connectivity index (χ0) is 22.3. The summed E-state index contributed by atoms with van der Waals surface area (Å²) in [4.78, 5) is 22.5. The van der Waals surface area contributed by atoms with Gasteiger partial charge in [0.2, 0.25) is 6.29 Å². The number of rotatable bonds is 11. The van der Waals surface area contributed by atoms with E-state index in [4.69, 9.17) is 0 Å². The van der Waals surface area contributed by atoms with Crippen molar-refractivity contribution in [2.75, 3.05) is 0 Å². The first kappa shape index (κ1) is 24.3. The van der Waals surface area contributed by atoms with Crippen LogP contribution in [0.4, 0.5) is 0 Å². The summed E-state index contributed by atoms with van der Waals surface area (Å²) in [5.41, 5.74) is 3.63. The van der Waals surface area contributed by atoms with E-state index in [1.54, 1.807) is 6.08 Å². The first-order chi connectivity index (χ1) is 14.2. The molecule has 0 aromatic carbocycles. The van der Waals surface area contributed by atoms with E-state index >= 15 is 0 Å². The Bertz CT molecular complexity index is 745. The number of allylic oxidation sites excluding steroid dienone is 4. The molecule has 1 heterocycles. The van der Waals surface area contributed by atoms with E-state index in [0.29, 0.717) is 17.9 Å². The molecule has 4 atom stereocenters. The van der Waals surface area contributed by atoms with Crippen molar-refractivity contribution in [1.82, 2.24) is 0 Å². The molecule has 0 saturated heterocycles. The molecule has 0 radical (unpaired) electrons. The number of aliphatic hydroxyl groups is 2. The summed E-state index contributed by atoms with van der Waals surface area (Å²) in [5, 5.41) is 19.7. The fourth-order valence-electron chi connectivity index (χ4n) is 4.76. The Labute approximate surface area is 180 Å². The second kappa shape index (κ2) is 10.9. The van der Waals surface area contributed by atoms with E-state index in [1.807, 2.05) is 0 Å². The van der Waals surface area contributed by atoms with Crippen molar-refractivity contribution in [1.29, 1.82) is 0 Å². The average molecular weight is 417 g/mol. The first-order valence-electron chi connectivity index (χ1n) is 10.9. The van der Waals surface area contributed by atoms with Crippen LogP contribution in [0.2, 0.25) is 0 Å². The highest BCUT2D eigenvalue weighted by Gasteiger charge is 2.40. The summed E-state index contributed by atoms with van der Waals surface area (Å²) in [5.74, 6) is 0.0187. The molecule has 166 valence electrons. The van der Waals surface area contributed by atoms with Crippen LogP contribution in [0.25, 0.3) is 0 Å². The monoisotopic (exact) mass is 416 g/mol. The third kappa shape index (κ3) is 6.02. The van der Waals surface area contributed by atoms with E-state index in [0.717, 1.165) is 31.6 Å². The molecular weight excluding hydrogens is 380 g/mol. The molecule has 2 aliphatic rings. The van der Waals surface area contributed by atoms with Gasteiger partial charge in [0.25, 0.3) is 0 Å². The molecule has 4 unspecified atom stereocenters. The summed E-state index contributed by atoms with van der Waals surface area (Å²) < 4.78 is 4.57. The Morgan fingerprint density at radius 1 is 1.37 bits per heavy atom. The first-order valence-corrected chi connectivity index (χ1v) is 10.9. The predicted molar refractivity (Wildman–Crippen MR) is 117 cm³/mol. The Morgan fingerprint density at radius 2 is 2.10 bits per heavy atom. The van der Waals surface area contributed by atoms with Gasteiger partial charge < -0.3 is 14.9 Å². The average Bonchev–Trinajstić information content (AvgIpc) is 3.24. The van der Waals surface area contributed by atoms with Crippen LogP contribution in [0, 0.1) is 11.3 Å². The zero-order valence-corrected chi connectivity index (χ0v) is 18.5. The summed E-state index contributed by atoms with van der Waals surface area (Å²) in [6, 6.07) is 0. The molecule has 1 saturated carbocycles. The van der Waals surface area contributed by atoms with Crippen LogP contribution in [0.3, 0.4) is 0 Å². The summed E-state index contributed by atoms with van der Waals surface area (Å²) in [6.07, 6.45) is 10.8. The fourth-order valence-corrected chi connectivity index (χ4v) is 4.76. The Morgan fingerprint density at radius 3 is 2.63 bits per heavy atom. The third-order valence-corrected chi connectivity index (χ3v) is 6.88. The minimum absolute atomic E-state index is 0.129. The van der Waals surface area contributed by atoms with Crippen molar-refractivity contribution >= 4 is 12.3 Å². The molecule has 2 rings (SSSR count). The minimum Gasteiger partial charge on any atom is -0.429 e. The van der Waals surface area contributed by atoms with Gasteiger partial charge in [0.1, 0.15) is 6.29 Å². The number of ether oxygens (including phenoxy) is 1. The molecule has 0 amide bonds. The summed E-state index contributed by atoms with van der Waals surface area (Å²) in [6.45, 7) is 10.9. The maximum Gasteiger partial charge on any atom is 0.333 e. The number of carbonyl (C=O) groups is 2. The lowest BCUT2D eigenvalue weighted by Crippen LogP contribution is -2.24. The van der Waals surface area contributed by atoms with Gasteiger partial charge in [0, 0.05) is 11.6 Å². The summed E-state index contributed by atoms with van der Waals surface area (Å²) >= 11 is 0. The maximum atomic E-state index is 11.4. The number of esters is 1. The number of hydrogen-bond donors (Lipinski definition) is 2. The van der Waals surface area contributed by atoms with Crippen LogP contribution >= 0.6 is 0 Å². The highest BCUT2D eigenvalue weighted by Crippen LogP contribution is 2.51. The summed E-state index contributed by atoms with van der Waals surface area (Å²) in [7, 11) is 0. The molecule has 30 heavy (non-hydrogen) atoms. The lowest BCUT2D eigenvalue weighted by Gasteiger charge is -2.35. The second-order valence-electron chi connectivity index (χ2n) is 8.90. The van der Waals surface area contributed by atoms with Crippen molar-refractivity contribution in [3.8, 4) is 0 Å². The van der Waals surface area contributed by atoms with Crippen LogP contribution in [-0.4, -0.2) is 34.9 Å². The highest BCUT2D eigenvalue weighted by atomic mass is 16.6. The van der Waals surface area contributed by atoms with Crippen LogP contribution in [-0.2, 0) is 14.3 Å². The van der Waals surface area contributed by atoms with Crippen LogP contribution in [0.1, 0.15) is 72.1 Å². The standard InChI is InChI=1S/C25H36O5/c1-17(2)25(13-6-8-19(25)4)14-12-18(3)7-5-9-20(16-26)10-11-22(27)21-15-23(28)30-24(21)29/h7,10,15-16,19,22,24,27,29H,1,5-6,8-9,11-14H2,2-4H3/b18-7+,20-10-. The smallest absolute Gasteiger partial charge is 0.333 e. The highest BCUT2D eigenvalue weighted by molar-refractivity contribution is 5.85. The van der Waals surface area contributed by atoms with Gasteiger partial charge >= 0.3 is 5.97 Å². The van der Waals surface area contributed by atoms with Crippen molar-refractivity contribution in [3.05, 3.63) is 47.1 Å². The number of aliphatic hydroxyl groups excluding tert-OH is 2. The van der Waals surface area contributed by atoms with Crippen molar-refractivity contribution < 1.29 is 24.5 Å². The van der Waals surface area contributed by atoms with E-state index in [9.17, 15) is 19.8 Å². The topological polar surface area (TPSA) is 83.8 Å². The minimum atomic E-state index is -1.41. The molecule has 2 N–H and O–H groups in total. The predicted octanol–water partition coefficient (Wildman–Crippen LogP) is 4.55. The molecule has 1 aliphatic carbocycles. The second-order valence-corrected chi connectivity index (χ2v) is 8.90. The number of aldehydes is 1. The Hall–Kier alpha value is -1.98. The Kier molecular flexibility index (Phi) is 8.80. The van der Waals surface area contributed by atoms with E-state index < -0.39 is 18.4 Å². The van der Waals surface area contributed by atoms with Crippen molar-refractivity contribution in [2.24, 2.45) is 11.3 Å². The molecule has 0 aromatic heterocycles. The van der Waals surface area contributed by atoms with Crippen molar-refractivity contribution in [2.45, 2.75) is 84.5 Å². The molecule has 0 spiro atoms. The quantitative estimate of drug-likeness (QED) is 0.223. The zero-order valence-electron chi connectivity index (χ0n) is 18.5. The van der Waals surface area contributed by atoms with Gasteiger partial charge in [-0.3, -0.25) is 4.79 Å². The maximum absolute atomic E-state index is 11.4. The molecule has 0 aromatic rings. The lowest BCUT2D eigenvalue weighted by molar-refractivity contribution is -0.151.